The number of pyridine rings is 1. The number of benzene rings is 2. The highest BCUT2D eigenvalue weighted by Gasteiger charge is 2.21. The number of carbonyl (C=O) groups is 1. The predicted octanol–water partition coefficient (Wildman–Crippen LogP) is 5.66. The van der Waals surface area contributed by atoms with E-state index in [9.17, 15) is 9.18 Å². The maximum atomic E-state index is 15.0. The lowest BCUT2D eigenvalue weighted by Crippen LogP contribution is -2.47. The molecule has 1 aliphatic heterocycles. The van der Waals surface area contributed by atoms with Crippen LogP contribution in [0.1, 0.15) is 36.8 Å². The lowest BCUT2D eigenvalue weighted by molar-refractivity contribution is -0.146. The Kier molecular flexibility index (Phi) is 9.27. The SMILES string of the molecule is Cc1nc2c(F)cc(-c3nc(Nc4ccc(CN5CCN(CC(=O)OCc6ccccc6)CC5)cn4)ncc3F)cc2n1C(C)C. The second-order valence-corrected chi connectivity index (χ2v) is 11.7. The fraction of sp³-hybridized carbons (Fsp3) is 0.324. The molecule has 3 aromatic heterocycles. The average Bonchev–Trinajstić information content (AvgIpc) is 3.40. The Bertz CT molecular complexity index is 1820. The molecular formula is C34H36F2N8O2. The van der Waals surface area contributed by atoms with Crippen molar-refractivity contribution in [1.29, 1.82) is 0 Å². The zero-order chi connectivity index (χ0) is 32.2. The van der Waals surface area contributed by atoms with Crippen LogP contribution in [0.25, 0.3) is 22.3 Å². The number of imidazole rings is 1. The molecule has 1 fully saturated rings. The van der Waals surface area contributed by atoms with E-state index >= 15 is 4.39 Å². The maximum absolute atomic E-state index is 15.0. The van der Waals surface area contributed by atoms with Gasteiger partial charge in [-0.1, -0.05) is 36.4 Å². The number of hydrogen-bond donors (Lipinski definition) is 1. The van der Waals surface area contributed by atoms with Crippen LogP contribution in [0.3, 0.4) is 0 Å². The summed E-state index contributed by atoms with van der Waals surface area (Å²) in [4.78, 5) is 34.0. The third-order valence-corrected chi connectivity index (χ3v) is 7.99. The smallest absolute Gasteiger partial charge is 0.320 e. The molecule has 46 heavy (non-hydrogen) atoms. The summed E-state index contributed by atoms with van der Waals surface area (Å²) < 4.78 is 37.3. The molecule has 0 atom stereocenters. The van der Waals surface area contributed by atoms with Gasteiger partial charge in [0, 0.05) is 50.5 Å². The van der Waals surface area contributed by atoms with Gasteiger partial charge in [-0.2, -0.15) is 0 Å². The molecule has 0 bridgehead atoms. The quantitative estimate of drug-likeness (QED) is 0.197. The van der Waals surface area contributed by atoms with E-state index in [1.165, 1.54) is 6.07 Å². The largest absolute Gasteiger partial charge is 0.460 e. The summed E-state index contributed by atoms with van der Waals surface area (Å²) in [5.41, 5.74) is 3.10. The number of aromatic nitrogens is 5. The molecule has 1 N–H and O–H groups in total. The fourth-order valence-electron chi connectivity index (χ4n) is 5.72. The minimum atomic E-state index is -0.663. The second kappa shape index (κ2) is 13.7. The number of nitrogens with one attached hydrogen (secondary N) is 1. The molecule has 6 rings (SSSR count). The maximum Gasteiger partial charge on any atom is 0.320 e. The van der Waals surface area contributed by atoms with Crippen molar-refractivity contribution in [1.82, 2.24) is 34.3 Å². The van der Waals surface area contributed by atoms with E-state index in [4.69, 9.17) is 4.74 Å². The van der Waals surface area contributed by atoms with Crippen LogP contribution in [0.2, 0.25) is 0 Å². The van der Waals surface area contributed by atoms with E-state index in [-0.39, 0.29) is 42.3 Å². The Hall–Kier alpha value is -4.81. The molecule has 0 aliphatic carbocycles. The molecule has 0 amide bonds. The lowest BCUT2D eigenvalue weighted by atomic mass is 10.1. The number of fused-ring (bicyclic) bond motifs is 1. The van der Waals surface area contributed by atoms with Crippen molar-refractivity contribution in [3.8, 4) is 11.3 Å². The topological polar surface area (TPSA) is 101 Å². The van der Waals surface area contributed by atoms with Crippen LogP contribution in [-0.2, 0) is 22.7 Å². The summed E-state index contributed by atoms with van der Waals surface area (Å²) in [7, 11) is 0. The van der Waals surface area contributed by atoms with Gasteiger partial charge in [-0.15, -0.1) is 0 Å². The third-order valence-electron chi connectivity index (χ3n) is 7.99. The number of halogens is 2. The molecule has 238 valence electrons. The zero-order valence-corrected chi connectivity index (χ0v) is 26.1. The van der Waals surface area contributed by atoms with Gasteiger partial charge in [0.15, 0.2) is 11.6 Å². The molecule has 1 aliphatic rings. The first-order valence-corrected chi connectivity index (χ1v) is 15.3. The molecule has 5 aromatic rings. The number of ether oxygens (including phenoxy) is 1. The molecule has 0 unspecified atom stereocenters. The number of rotatable bonds is 10. The van der Waals surface area contributed by atoms with E-state index < -0.39 is 11.6 Å². The van der Waals surface area contributed by atoms with E-state index in [1.54, 1.807) is 12.3 Å². The normalized spacial score (nSPS) is 14.2. The van der Waals surface area contributed by atoms with Crippen LogP contribution in [0, 0.1) is 18.6 Å². The van der Waals surface area contributed by atoms with Gasteiger partial charge in [-0.3, -0.25) is 14.6 Å². The number of hydrogen-bond acceptors (Lipinski definition) is 9. The Morgan fingerprint density at radius 3 is 2.39 bits per heavy atom. The van der Waals surface area contributed by atoms with Gasteiger partial charge < -0.3 is 14.6 Å². The number of piperazine rings is 1. The standard InChI is InChI=1S/C34H36F2N8O2/c1-22(2)44-23(3)39-33-27(35)15-26(16-29(33)44)32-28(36)18-38-34(41-32)40-30-10-9-25(17-37-30)19-42-11-13-43(14-12-42)20-31(45)46-21-24-7-5-4-6-8-24/h4-10,15-18,22H,11-14,19-21H2,1-3H3,(H,37,38,40,41). The minimum Gasteiger partial charge on any atom is -0.460 e. The number of aryl methyl sites for hydroxylation is 1. The van der Waals surface area contributed by atoms with Crippen molar-refractivity contribution in [2.75, 3.05) is 38.0 Å². The summed E-state index contributed by atoms with van der Waals surface area (Å²) in [5, 5.41) is 3.03. The van der Waals surface area contributed by atoms with E-state index in [0.717, 1.165) is 50.0 Å². The number of esters is 1. The molecule has 12 heteroatoms. The van der Waals surface area contributed by atoms with E-state index in [1.807, 2.05) is 67.8 Å². The average molecular weight is 627 g/mol. The summed E-state index contributed by atoms with van der Waals surface area (Å²) >= 11 is 0. The fourth-order valence-corrected chi connectivity index (χ4v) is 5.72. The van der Waals surface area contributed by atoms with Gasteiger partial charge in [0.1, 0.15) is 29.5 Å². The van der Waals surface area contributed by atoms with Gasteiger partial charge in [0.05, 0.1) is 18.3 Å². The highest BCUT2D eigenvalue weighted by molar-refractivity contribution is 5.83. The van der Waals surface area contributed by atoms with Crippen molar-refractivity contribution in [3.63, 3.8) is 0 Å². The molecule has 10 nitrogen and oxygen atoms in total. The Morgan fingerprint density at radius 1 is 0.913 bits per heavy atom. The van der Waals surface area contributed by atoms with Crippen LogP contribution < -0.4 is 5.32 Å². The molecule has 2 aromatic carbocycles. The summed E-state index contributed by atoms with van der Waals surface area (Å²) in [6.45, 7) is 10.3. The molecule has 0 saturated carbocycles. The predicted molar refractivity (Wildman–Crippen MR) is 171 cm³/mol. The van der Waals surface area contributed by atoms with Crippen LogP contribution in [0.5, 0.6) is 0 Å². The first kappa shape index (κ1) is 31.2. The Balaban J connectivity index is 1.04. The summed E-state index contributed by atoms with van der Waals surface area (Å²) in [5.74, 6) is -0.102. The molecule has 0 radical (unpaired) electrons. The van der Waals surface area contributed by atoms with Crippen molar-refractivity contribution in [2.45, 2.75) is 40.0 Å². The van der Waals surface area contributed by atoms with Gasteiger partial charge in [-0.05, 0) is 50.1 Å². The van der Waals surface area contributed by atoms with Gasteiger partial charge >= 0.3 is 5.97 Å². The lowest BCUT2D eigenvalue weighted by Gasteiger charge is -2.34. The highest BCUT2D eigenvalue weighted by atomic mass is 19.1. The van der Waals surface area contributed by atoms with Crippen LogP contribution in [0.15, 0.2) is 67.0 Å². The second-order valence-electron chi connectivity index (χ2n) is 11.7. The Morgan fingerprint density at radius 2 is 1.67 bits per heavy atom. The summed E-state index contributed by atoms with van der Waals surface area (Å²) in [6.07, 6.45) is 2.84. The number of anilines is 2. The third kappa shape index (κ3) is 7.19. The van der Waals surface area contributed by atoms with Crippen LogP contribution in [0.4, 0.5) is 20.5 Å². The zero-order valence-electron chi connectivity index (χ0n) is 26.1. The molecular weight excluding hydrogens is 590 g/mol. The number of nitrogens with zero attached hydrogens (tertiary/aromatic N) is 7. The van der Waals surface area contributed by atoms with Crippen LogP contribution >= 0.6 is 0 Å². The van der Waals surface area contributed by atoms with E-state index in [2.05, 4.69) is 35.1 Å². The highest BCUT2D eigenvalue weighted by Crippen LogP contribution is 2.30. The Labute approximate surface area is 266 Å². The first-order chi connectivity index (χ1) is 22.2. The monoisotopic (exact) mass is 626 g/mol. The van der Waals surface area contributed by atoms with E-state index in [0.29, 0.717) is 22.7 Å². The van der Waals surface area contributed by atoms with Gasteiger partial charge in [0.25, 0.3) is 0 Å². The first-order valence-electron chi connectivity index (χ1n) is 15.3. The molecule has 1 saturated heterocycles. The molecule has 4 heterocycles. The van der Waals surface area contributed by atoms with Crippen LogP contribution in [-0.4, -0.2) is 73.0 Å². The minimum absolute atomic E-state index is 0.0207. The van der Waals surface area contributed by atoms with Crippen molar-refractivity contribution >= 4 is 28.8 Å². The van der Waals surface area contributed by atoms with Crippen molar-refractivity contribution in [2.24, 2.45) is 0 Å². The number of carbonyl (C=O) groups excluding carboxylic acids is 1. The summed E-state index contributed by atoms with van der Waals surface area (Å²) in [6, 6.07) is 16.4. The van der Waals surface area contributed by atoms with Crippen molar-refractivity contribution < 1.29 is 18.3 Å². The molecule has 0 spiro atoms. The van der Waals surface area contributed by atoms with Gasteiger partial charge in [-0.25, -0.2) is 28.7 Å². The van der Waals surface area contributed by atoms with Gasteiger partial charge in [0.2, 0.25) is 5.95 Å². The van der Waals surface area contributed by atoms with Crippen molar-refractivity contribution in [3.05, 3.63) is 95.6 Å².